The van der Waals surface area contributed by atoms with Gasteiger partial charge >= 0.3 is 0 Å². The molecule has 0 amide bonds. The van der Waals surface area contributed by atoms with Gasteiger partial charge in [0.1, 0.15) is 23.9 Å². The molecule has 0 bridgehead atoms. The lowest BCUT2D eigenvalue weighted by molar-refractivity contribution is 0.270. The maximum absolute atomic E-state index is 14.1. The first-order chi connectivity index (χ1) is 14.1. The largest absolute Gasteiger partial charge is 0.486 e. The van der Waals surface area contributed by atoms with E-state index in [1.165, 1.54) is 16.7 Å². The zero-order valence-electron chi connectivity index (χ0n) is 15.3. The Labute approximate surface area is 171 Å². The van der Waals surface area contributed by atoms with Crippen LogP contribution in [0.5, 0.6) is 5.75 Å². The highest BCUT2D eigenvalue weighted by Crippen LogP contribution is 2.23. The second-order valence-electron chi connectivity index (χ2n) is 6.51. The van der Waals surface area contributed by atoms with Gasteiger partial charge in [0, 0.05) is 22.8 Å². The molecular formula is C23H17ClFNO3. The number of nitrogens with zero attached hydrogens (tertiary/aromatic N) is 1. The van der Waals surface area contributed by atoms with Crippen molar-refractivity contribution in [2.24, 2.45) is 0 Å². The summed E-state index contributed by atoms with van der Waals surface area (Å²) in [5, 5.41) is 0.321. The standard InChI is InChI=1S/C23H17ClFNO3/c24-19-7-3-18(22(25)12-19)14-26-13-17(6-10-23(26)27)16-4-8-20(9-5-16)29-15-21-2-1-11-28-21/h1-13H,14-15H2. The number of pyridine rings is 1. The van der Waals surface area contributed by atoms with Crippen molar-refractivity contribution in [1.29, 1.82) is 0 Å². The zero-order valence-corrected chi connectivity index (χ0v) is 16.1. The van der Waals surface area contributed by atoms with Gasteiger partial charge in [0.25, 0.3) is 5.56 Å². The molecule has 0 saturated heterocycles. The topological polar surface area (TPSA) is 44.4 Å². The number of rotatable bonds is 6. The third kappa shape index (κ3) is 4.58. The van der Waals surface area contributed by atoms with Crippen LogP contribution < -0.4 is 10.3 Å². The molecule has 146 valence electrons. The first kappa shape index (κ1) is 19.0. The number of hydrogen-bond donors (Lipinski definition) is 0. The zero-order chi connectivity index (χ0) is 20.2. The lowest BCUT2D eigenvalue weighted by Crippen LogP contribution is -2.19. The first-order valence-electron chi connectivity index (χ1n) is 8.98. The Kier molecular flexibility index (Phi) is 5.49. The number of furan rings is 1. The Morgan fingerprint density at radius 2 is 1.79 bits per heavy atom. The Bertz CT molecular complexity index is 1170. The van der Waals surface area contributed by atoms with E-state index in [0.29, 0.717) is 22.9 Å². The number of halogens is 2. The van der Waals surface area contributed by atoms with Gasteiger partial charge < -0.3 is 13.7 Å². The van der Waals surface area contributed by atoms with Crippen LogP contribution >= 0.6 is 11.6 Å². The van der Waals surface area contributed by atoms with Crippen molar-refractivity contribution in [1.82, 2.24) is 4.57 Å². The molecule has 0 aliphatic carbocycles. The van der Waals surface area contributed by atoms with Gasteiger partial charge in [-0.3, -0.25) is 4.79 Å². The van der Waals surface area contributed by atoms with Crippen LogP contribution in [0, 0.1) is 5.82 Å². The van der Waals surface area contributed by atoms with Crippen LogP contribution in [0.4, 0.5) is 4.39 Å². The SMILES string of the molecule is O=c1ccc(-c2ccc(OCc3ccco3)cc2)cn1Cc1ccc(Cl)cc1F. The van der Waals surface area contributed by atoms with E-state index >= 15 is 0 Å². The molecule has 4 rings (SSSR count). The molecule has 29 heavy (non-hydrogen) atoms. The second-order valence-corrected chi connectivity index (χ2v) is 6.95. The Morgan fingerprint density at radius 1 is 1.00 bits per heavy atom. The number of hydrogen-bond acceptors (Lipinski definition) is 3. The molecule has 4 nitrogen and oxygen atoms in total. The van der Waals surface area contributed by atoms with Crippen LogP contribution in [0.1, 0.15) is 11.3 Å². The van der Waals surface area contributed by atoms with Gasteiger partial charge in [0.2, 0.25) is 0 Å². The highest BCUT2D eigenvalue weighted by atomic mass is 35.5. The van der Waals surface area contributed by atoms with E-state index < -0.39 is 5.82 Å². The third-order valence-electron chi connectivity index (χ3n) is 4.49. The monoisotopic (exact) mass is 409 g/mol. The first-order valence-corrected chi connectivity index (χ1v) is 9.36. The normalized spacial score (nSPS) is 10.8. The van der Waals surface area contributed by atoms with Crippen molar-refractivity contribution in [3.05, 3.63) is 112 Å². The smallest absolute Gasteiger partial charge is 0.250 e. The van der Waals surface area contributed by atoms with Crippen molar-refractivity contribution < 1.29 is 13.5 Å². The number of aromatic nitrogens is 1. The summed E-state index contributed by atoms with van der Waals surface area (Å²) in [7, 11) is 0. The van der Waals surface area contributed by atoms with Gasteiger partial charge in [-0.1, -0.05) is 29.8 Å². The van der Waals surface area contributed by atoms with Crippen molar-refractivity contribution in [3.8, 4) is 16.9 Å². The number of benzene rings is 2. The molecule has 0 fully saturated rings. The fraction of sp³-hybridized carbons (Fsp3) is 0.0870. The molecule has 2 aromatic carbocycles. The molecule has 4 aromatic rings. The summed E-state index contributed by atoms with van der Waals surface area (Å²) in [5.74, 6) is 1.02. The van der Waals surface area contributed by atoms with Crippen molar-refractivity contribution in [2.75, 3.05) is 0 Å². The van der Waals surface area contributed by atoms with Crippen LogP contribution in [0.25, 0.3) is 11.1 Å². The van der Waals surface area contributed by atoms with Crippen LogP contribution in [0.2, 0.25) is 5.02 Å². The van der Waals surface area contributed by atoms with Crippen LogP contribution in [-0.4, -0.2) is 4.57 Å². The molecule has 2 heterocycles. The van der Waals surface area contributed by atoms with E-state index in [1.807, 2.05) is 36.4 Å². The van der Waals surface area contributed by atoms with Gasteiger partial charge in [-0.2, -0.15) is 0 Å². The lowest BCUT2D eigenvalue weighted by atomic mass is 10.1. The summed E-state index contributed by atoms with van der Waals surface area (Å²) in [6.45, 7) is 0.476. The van der Waals surface area contributed by atoms with Crippen LogP contribution in [0.15, 0.2) is 88.4 Å². The van der Waals surface area contributed by atoms with Gasteiger partial charge in [0.05, 0.1) is 12.8 Å². The van der Waals surface area contributed by atoms with E-state index in [-0.39, 0.29) is 12.1 Å². The average molecular weight is 410 g/mol. The van der Waals surface area contributed by atoms with E-state index in [0.717, 1.165) is 16.9 Å². The van der Waals surface area contributed by atoms with E-state index in [1.54, 1.807) is 30.7 Å². The van der Waals surface area contributed by atoms with Gasteiger partial charge in [-0.15, -0.1) is 0 Å². The quantitative estimate of drug-likeness (QED) is 0.420. The molecule has 0 radical (unpaired) electrons. The molecule has 0 saturated carbocycles. The minimum atomic E-state index is -0.437. The van der Waals surface area contributed by atoms with E-state index in [9.17, 15) is 9.18 Å². The summed E-state index contributed by atoms with van der Waals surface area (Å²) < 4.78 is 26.5. The van der Waals surface area contributed by atoms with Crippen molar-refractivity contribution >= 4 is 11.6 Å². The fourth-order valence-electron chi connectivity index (χ4n) is 2.95. The van der Waals surface area contributed by atoms with Gasteiger partial charge in [0.15, 0.2) is 0 Å². The van der Waals surface area contributed by atoms with Gasteiger partial charge in [-0.05, 0) is 53.6 Å². The lowest BCUT2D eigenvalue weighted by Gasteiger charge is -2.10. The fourth-order valence-corrected chi connectivity index (χ4v) is 3.11. The highest BCUT2D eigenvalue weighted by Gasteiger charge is 2.07. The molecule has 0 atom stereocenters. The Hall–Kier alpha value is -3.31. The molecule has 0 aliphatic heterocycles. The van der Waals surface area contributed by atoms with E-state index in [4.69, 9.17) is 20.8 Å². The maximum atomic E-state index is 14.1. The molecule has 2 aromatic heterocycles. The maximum Gasteiger partial charge on any atom is 0.250 e. The molecule has 0 N–H and O–H groups in total. The Balaban J connectivity index is 1.52. The summed E-state index contributed by atoms with van der Waals surface area (Å²) >= 11 is 5.80. The number of ether oxygens (including phenoxy) is 1. The predicted octanol–water partition coefficient (Wildman–Crippen LogP) is 5.53. The molecule has 0 unspecified atom stereocenters. The molecule has 6 heteroatoms. The Morgan fingerprint density at radius 3 is 2.52 bits per heavy atom. The predicted molar refractivity (Wildman–Crippen MR) is 110 cm³/mol. The van der Waals surface area contributed by atoms with Crippen LogP contribution in [-0.2, 0) is 13.2 Å². The molecular weight excluding hydrogens is 393 g/mol. The second kappa shape index (κ2) is 8.37. The van der Waals surface area contributed by atoms with Crippen molar-refractivity contribution in [3.63, 3.8) is 0 Å². The molecule has 0 aliphatic rings. The van der Waals surface area contributed by atoms with Gasteiger partial charge in [-0.25, -0.2) is 4.39 Å². The summed E-state index contributed by atoms with van der Waals surface area (Å²) in [6, 6.07) is 18.8. The highest BCUT2D eigenvalue weighted by molar-refractivity contribution is 6.30. The minimum absolute atomic E-state index is 0.125. The van der Waals surface area contributed by atoms with Crippen molar-refractivity contribution in [2.45, 2.75) is 13.2 Å². The van der Waals surface area contributed by atoms with E-state index in [2.05, 4.69) is 0 Å². The summed E-state index contributed by atoms with van der Waals surface area (Å²) in [4.78, 5) is 12.2. The molecule has 0 spiro atoms. The average Bonchev–Trinajstić information content (AvgIpc) is 3.24. The summed E-state index contributed by atoms with van der Waals surface area (Å²) in [6.07, 6.45) is 3.32. The third-order valence-corrected chi connectivity index (χ3v) is 4.72. The summed E-state index contributed by atoms with van der Waals surface area (Å²) in [5.41, 5.74) is 1.95. The minimum Gasteiger partial charge on any atom is -0.486 e. The van der Waals surface area contributed by atoms with Crippen LogP contribution in [0.3, 0.4) is 0 Å².